The van der Waals surface area contributed by atoms with E-state index in [2.05, 4.69) is 11.2 Å². The summed E-state index contributed by atoms with van der Waals surface area (Å²) in [5.74, 6) is -0.957. The average Bonchev–Trinajstić information content (AvgIpc) is 2.90. The van der Waals surface area contributed by atoms with E-state index < -0.39 is 17.9 Å². The fourth-order valence-corrected chi connectivity index (χ4v) is 4.77. The average molecular weight is 487 g/mol. The fourth-order valence-electron chi connectivity index (χ4n) is 4.77. The molecule has 1 aliphatic carbocycles. The molecule has 186 valence electrons. The summed E-state index contributed by atoms with van der Waals surface area (Å²) in [4.78, 5) is 29.2. The minimum Gasteiger partial charge on any atom is -0.482 e. The molecule has 0 aromatic heterocycles. The maximum absolute atomic E-state index is 13.0. The number of benzene rings is 3. The minimum absolute atomic E-state index is 0.243. The molecule has 0 fully saturated rings. The Morgan fingerprint density at radius 2 is 1.64 bits per heavy atom. The molecule has 3 N–H and O–H groups in total. The first-order valence-electron chi connectivity index (χ1n) is 12.1. The quantitative estimate of drug-likeness (QED) is 0.181. The van der Waals surface area contributed by atoms with Gasteiger partial charge in [-0.1, -0.05) is 78.0 Å². The summed E-state index contributed by atoms with van der Waals surface area (Å²) >= 11 is 0. The van der Waals surface area contributed by atoms with Gasteiger partial charge in [-0.25, -0.2) is 9.59 Å². The van der Waals surface area contributed by atoms with E-state index in [1.807, 2.05) is 72.8 Å². The number of aliphatic carboxylic acids is 1. The highest BCUT2D eigenvalue weighted by Crippen LogP contribution is 2.39. The van der Waals surface area contributed by atoms with Crippen LogP contribution in [0.1, 0.15) is 59.8 Å². The molecule has 3 aromatic carbocycles. The van der Waals surface area contributed by atoms with Gasteiger partial charge >= 0.3 is 11.9 Å². The molecule has 1 aliphatic rings. The van der Waals surface area contributed by atoms with Crippen LogP contribution < -0.4 is 10.5 Å². The van der Waals surface area contributed by atoms with Crippen molar-refractivity contribution >= 4 is 17.8 Å². The molecule has 0 saturated heterocycles. The van der Waals surface area contributed by atoms with Gasteiger partial charge in [-0.05, 0) is 59.9 Å². The summed E-state index contributed by atoms with van der Waals surface area (Å²) in [5.41, 5.74) is 9.99. The molecule has 3 aromatic rings. The Morgan fingerprint density at radius 1 is 0.972 bits per heavy atom. The maximum atomic E-state index is 13.0. The molecular weight excluding hydrogens is 456 g/mol. The molecule has 4 rings (SSSR count). The van der Waals surface area contributed by atoms with E-state index in [4.69, 9.17) is 20.4 Å². The number of hydrogen-bond donors (Lipinski definition) is 2. The number of hydrogen-bond acceptors (Lipinski definition) is 5. The topological polar surface area (TPSA) is 111 Å². The molecule has 0 heterocycles. The van der Waals surface area contributed by atoms with Gasteiger partial charge in [-0.15, -0.1) is 0 Å². The lowest BCUT2D eigenvalue weighted by Crippen LogP contribution is -2.20. The zero-order valence-electron chi connectivity index (χ0n) is 20.0. The van der Waals surface area contributed by atoms with Gasteiger partial charge in [-0.2, -0.15) is 0 Å². The number of fused-ring (bicyclic) bond motifs is 1. The number of oxime groups is 1. The smallest absolute Gasteiger partial charge is 0.346 e. The SMILES string of the molecule is NC(CCC1CCCc2c(OCC(=O)O)cccc21)=NOC(=O)C(c1ccccc1)c1ccccc1. The van der Waals surface area contributed by atoms with Crippen LogP contribution in [0.15, 0.2) is 84.0 Å². The standard InChI is InChI=1S/C29H30N2O5/c30-26(18-17-20-13-7-15-24-23(20)14-8-16-25(24)35-19-27(32)33)31-36-29(34)28(21-9-3-1-4-10-21)22-11-5-2-6-12-22/h1-6,8-12,14,16,20,28H,7,13,15,17-19H2,(H2,30,31)(H,32,33). The van der Waals surface area contributed by atoms with E-state index in [-0.39, 0.29) is 18.4 Å². The van der Waals surface area contributed by atoms with Crippen molar-refractivity contribution in [1.82, 2.24) is 0 Å². The van der Waals surface area contributed by atoms with E-state index in [1.54, 1.807) is 0 Å². The summed E-state index contributed by atoms with van der Waals surface area (Å²) < 4.78 is 5.49. The fraction of sp³-hybridized carbons (Fsp3) is 0.276. The second-order valence-corrected chi connectivity index (χ2v) is 8.88. The second kappa shape index (κ2) is 12.0. The summed E-state index contributed by atoms with van der Waals surface area (Å²) in [7, 11) is 0. The number of ether oxygens (including phenoxy) is 1. The normalized spacial score (nSPS) is 15.2. The molecular formula is C29H30N2O5. The van der Waals surface area contributed by atoms with Crippen LogP contribution in [-0.4, -0.2) is 29.5 Å². The van der Waals surface area contributed by atoms with E-state index >= 15 is 0 Å². The minimum atomic E-state index is -1.000. The zero-order valence-corrected chi connectivity index (χ0v) is 20.0. The largest absolute Gasteiger partial charge is 0.482 e. The van der Waals surface area contributed by atoms with E-state index in [9.17, 15) is 9.59 Å². The number of nitrogens with zero attached hydrogens (tertiary/aromatic N) is 1. The molecule has 36 heavy (non-hydrogen) atoms. The Kier molecular flexibility index (Phi) is 8.34. The van der Waals surface area contributed by atoms with Gasteiger partial charge in [0.2, 0.25) is 0 Å². The molecule has 1 atom stereocenters. The number of carbonyl (C=O) groups excluding carboxylic acids is 1. The van der Waals surface area contributed by atoms with Crippen molar-refractivity contribution in [2.24, 2.45) is 10.9 Å². The monoisotopic (exact) mass is 486 g/mol. The van der Waals surface area contributed by atoms with Crippen molar-refractivity contribution < 1.29 is 24.3 Å². The maximum Gasteiger partial charge on any atom is 0.346 e. The summed E-state index contributed by atoms with van der Waals surface area (Å²) in [5, 5.41) is 12.9. The molecule has 7 nitrogen and oxygen atoms in total. The summed E-state index contributed by atoms with van der Waals surface area (Å²) in [6, 6.07) is 24.7. The highest BCUT2D eigenvalue weighted by atomic mass is 16.7. The molecule has 0 spiro atoms. The number of rotatable bonds is 10. The van der Waals surface area contributed by atoms with Crippen LogP contribution in [0.25, 0.3) is 0 Å². The van der Waals surface area contributed by atoms with Crippen LogP contribution >= 0.6 is 0 Å². The lowest BCUT2D eigenvalue weighted by atomic mass is 9.80. The Balaban J connectivity index is 1.41. The third kappa shape index (κ3) is 6.30. The number of amidine groups is 1. The van der Waals surface area contributed by atoms with Crippen LogP contribution in [0.5, 0.6) is 5.75 Å². The van der Waals surface area contributed by atoms with Crippen LogP contribution in [0.3, 0.4) is 0 Å². The van der Waals surface area contributed by atoms with Crippen LogP contribution in [0.4, 0.5) is 0 Å². The number of carboxylic acid groups (broad SMARTS) is 1. The lowest BCUT2D eigenvalue weighted by molar-refractivity contribution is -0.144. The van der Waals surface area contributed by atoms with Crippen molar-refractivity contribution in [1.29, 1.82) is 0 Å². The number of carbonyl (C=O) groups is 2. The molecule has 0 amide bonds. The van der Waals surface area contributed by atoms with Crippen LogP contribution in [-0.2, 0) is 20.8 Å². The second-order valence-electron chi connectivity index (χ2n) is 8.88. The van der Waals surface area contributed by atoms with E-state index in [0.29, 0.717) is 12.2 Å². The van der Waals surface area contributed by atoms with Gasteiger partial charge in [-0.3, -0.25) is 0 Å². The predicted molar refractivity (Wildman–Crippen MR) is 137 cm³/mol. The molecule has 0 saturated carbocycles. The Morgan fingerprint density at radius 3 is 2.28 bits per heavy atom. The van der Waals surface area contributed by atoms with Gasteiger partial charge in [0.25, 0.3) is 0 Å². The zero-order chi connectivity index (χ0) is 25.3. The highest BCUT2D eigenvalue weighted by molar-refractivity contribution is 5.84. The first kappa shape index (κ1) is 25.0. The van der Waals surface area contributed by atoms with Crippen molar-refractivity contribution in [3.8, 4) is 5.75 Å². The van der Waals surface area contributed by atoms with E-state index in [0.717, 1.165) is 47.9 Å². The number of carboxylic acids is 1. The van der Waals surface area contributed by atoms with Crippen molar-refractivity contribution in [3.05, 3.63) is 101 Å². The van der Waals surface area contributed by atoms with Crippen molar-refractivity contribution in [3.63, 3.8) is 0 Å². The highest BCUT2D eigenvalue weighted by Gasteiger charge is 2.26. The molecule has 1 unspecified atom stereocenters. The van der Waals surface area contributed by atoms with Gasteiger partial charge in [0.1, 0.15) is 17.5 Å². The number of nitrogens with two attached hydrogens (primary N) is 1. The Hall–Kier alpha value is -4.13. The van der Waals surface area contributed by atoms with Crippen LogP contribution in [0, 0.1) is 0 Å². The molecule has 0 bridgehead atoms. The summed E-state index contributed by atoms with van der Waals surface area (Å²) in [6.45, 7) is -0.362. The molecule has 0 radical (unpaired) electrons. The van der Waals surface area contributed by atoms with Gasteiger partial charge in [0, 0.05) is 6.42 Å². The predicted octanol–water partition coefficient (Wildman–Crippen LogP) is 5.00. The molecule has 7 heteroatoms. The lowest BCUT2D eigenvalue weighted by Gasteiger charge is -2.27. The van der Waals surface area contributed by atoms with Crippen molar-refractivity contribution in [2.75, 3.05) is 6.61 Å². The van der Waals surface area contributed by atoms with Gasteiger partial charge in [0.05, 0.1) is 0 Å². The first-order chi connectivity index (χ1) is 17.5. The van der Waals surface area contributed by atoms with Crippen molar-refractivity contribution in [2.45, 2.75) is 43.9 Å². The van der Waals surface area contributed by atoms with Gasteiger partial charge in [0.15, 0.2) is 6.61 Å². The third-order valence-electron chi connectivity index (χ3n) is 6.44. The van der Waals surface area contributed by atoms with Gasteiger partial charge < -0.3 is 20.4 Å². The first-order valence-corrected chi connectivity index (χ1v) is 12.1. The Labute approximate surface area is 210 Å². The van der Waals surface area contributed by atoms with Crippen LogP contribution in [0.2, 0.25) is 0 Å². The van der Waals surface area contributed by atoms with E-state index in [1.165, 1.54) is 0 Å². The third-order valence-corrected chi connectivity index (χ3v) is 6.44. The molecule has 0 aliphatic heterocycles. The Bertz CT molecular complexity index is 1170. The summed E-state index contributed by atoms with van der Waals surface area (Å²) in [6.07, 6.45) is 4.03.